The van der Waals surface area contributed by atoms with E-state index in [-0.39, 0.29) is 13.0 Å². The zero-order valence-corrected chi connectivity index (χ0v) is 11.6. The summed E-state index contributed by atoms with van der Waals surface area (Å²) >= 11 is 0. The molecule has 0 aliphatic carbocycles. The molecule has 0 aliphatic rings. The fourth-order valence-corrected chi connectivity index (χ4v) is 1.46. The average Bonchev–Trinajstić information content (AvgIpc) is 2.39. The van der Waals surface area contributed by atoms with Crippen LogP contribution < -0.4 is 0 Å². The number of hydrogen-bond donors (Lipinski definition) is 0. The third-order valence-electron chi connectivity index (χ3n) is 2.30. The van der Waals surface area contributed by atoms with Gasteiger partial charge in [-0.2, -0.15) is 0 Å². The maximum atomic E-state index is 11.4. The van der Waals surface area contributed by atoms with Crippen LogP contribution in [0.25, 0.3) is 0 Å². The maximum Gasteiger partial charge on any atom is 0.376 e. The molecule has 5 heteroatoms. The van der Waals surface area contributed by atoms with Crippen molar-refractivity contribution in [2.75, 3.05) is 6.61 Å². The summed E-state index contributed by atoms with van der Waals surface area (Å²) in [7, 11) is 0. The Kier molecular flexibility index (Phi) is 8.53. The Hall–Kier alpha value is -1.62. The summed E-state index contributed by atoms with van der Waals surface area (Å²) in [6.07, 6.45) is 4.85. The van der Waals surface area contributed by atoms with Crippen LogP contribution in [-0.4, -0.2) is 24.5 Å². The normalized spacial score (nSPS) is 10.6. The van der Waals surface area contributed by atoms with Crippen LogP contribution in [-0.2, 0) is 23.8 Å². The van der Waals surface area contributed by atoms with Crippen LogP contribution in [0, 0.1) is 0 Å². The molecule has 5 nitrogen and oxygen atoms in total. The molecule has 0 saturated carbocycles. The van der Waals surface area contributed by atoms with E-state index in [2.05, 4.69) is 13.2 Å². The highest BCUT2D eigenvalue weighted by Gasteiger charge is 2.38. The first-order chi connectivity index (χ1) is 9.03. The van der Waals surface area contributed by atoms with Gasteiger partial charge in [-0.05, 0) is 13.3 Å². The van der Waals surface area contributed by atoms with Crippen LogP contribution in [0.15, 0.2) is 25.3 Å². The molecular weight excluding hydrogens is 248 g/mol. The number of hydrogen-bond acceptors (Lipinski definition) is 5. The van der Waals surface area contributed by atoms with Gasteiger partial charge in [-0.25, -0.2) is 9.59 Å². The van der Waals surface area contributed by atoms with Crippen LogP contribution >= 0.6 is 0 Å². The van der Waals surface area contributed by atoms with Gasteiger partial charge in [-0.1, -0.05) is 32.9 Å². The second-order valence-corrected chi connectivity index (χ2v) is 3.82. The quantitative estimate of drug-likeness (QED) is 0.264. The molecular formula is C14H22O5. The van der Waals surface area contributed by atoms with Gasteiger partial charge >= 0.3 is 17.9 Å². The zero-order chi connectivity index (χ0) is 14.7. The summed E-state index contributed by atoms with van der Waals surface area (Å²) < 4.78 is 15.5. The van der Waals surface area contributed by atoms with Crippen molar-refractivity contribution in [2.45, 2.75) is 45.5 Å². The third kappa shape index (κ3) is 6.76. The van der Waals surface area contributed by atoms with E-state index in [1.165, 1.54) is 0 Å². The molecule has 0 N–H and O–H groups in total. The third-order valence-corrected chi connectivity index (χ3v) is 2.30. The van der Waals surface area contributed by atoms with Gasteiger partial charge in [-0.15, -0.1) is 0 Å². The molecule has 0 amide bonds. The Morgan fingerprint density at radius 2 is 1.58 bits per heavy atom. The standard InChI is InChI=1S/C14H22O5/c1-5-9-10-11-14(17-8-4,18-12(15)6-2)19-13(16)7-3/h6-7H,2-3,5,8-11H2,1,4H3. The van der Waals surface area contributed by atoms with Crippen molar-refractivity contribution in [3.05, 3.63) is 25.3 Å². The first kappa shape index (κ1) is 17.4. The predicted molar refractivity (Wildman–Crippen MR) is 71.1 cm³/mol. The Morgan fingerprint density at radius 1 is 1.05 bits per heavy atom. The Bertz CT molecular complexity index is 300. The maximum absolute atomic E-state index is 11.4. The van der Waals surface area contributed by atoms with Crippen molar-refractivity contribution in [3.63, 3.8) is 0 Å². The summed E-state index contributed by atoms with van der Waals surface area (Å²) in [6.45, 7) is 10.6. The molecule has 0 fully saturated rings. The summed E-state index contributed by atoms with van der Waals surface area (Å²) in [6, 6.07) is 0. The van der Waals surface area contributed by atoms with Crippen LogP contribution in [0.5, 0.6) is 0 Å². The van der Waals surface area contributed by atoms with Crippen molar-refractivity contribution >= 4 is 11.9 Å². The molecule has 0 unspecified atom stereocenters. The molecule has 0 bridgehead atoms. The van der Waals surface area contributed by atoms with Gasteiger partial charge < -0.3 is 14.2 Å². The largest absolute Gasteiger partial charge is 0.395 e. The monoisotopic (exact) mass is 270 g/mol. The molecule has 0 rings (SSSR count). The highest BCUT2D eigenvalue weighted by molar-refractivity contribution is 5.83. The number of carbonyl (C=O) groups is 2. The molecule has 0 aliphatic heterocycles. The first-order valence-corrected chi connectivity index (χ1v) is 6.38. The Morgan fingerprint density at radius 3 is 1.95 bits per heavy atom. The van der Waals surface area contributed by atoms with E-state index in [1.54, 1.807) is 6.92 Å². The second-order valence-electron chi connectivity index (χ2n) is 3.82. The summed E-state index contributed by atoms with van der Waals surface area (Å²) in [5.41, 5.74) is 0. The number of unbranched alkanes of at least 4 members (excludes halogenated alkanes) is 2. The van der Waals surface area contributed by atoms with Gasteiger partial charge in [0.15, 0.2) is 0 Å². The van der Waals surface area contributed by atoms with Crippen molar-refractivity contribution in [3.8, 4) is 0 Å². The van der Waals surface area contributed by atoms with E-state index >= 15 is 0 Å². The topological polar surface area (TPSA) is 61.8 Å². The summed E-state index contributed by atoms with van der Waals surface area (Å²) in [5.74, 6) is -3.11. The summed E-state index contributed by atoms with van der Waals surface area (Å²) in [4.78, 5) is 22.7. The van der Waals surface area contributed by atoms with E-state index in [1.807, 2.05) is 6.92 Å². The van der Waals surface area contributed by atoms with Gasteiger partial charge in [0.25, 0.3) is 0 Å². The average molecular weight is 270 g/mol. The van der Waals surface area contributed by atoms with Crippen LogP contribution in [0.4, 0.5) is 0 Å². The molecule has 0 radical (unpaired) electrons. The first-order valence-electron chi connectivity index (χ1n) is 6.38. The number of carbonyl (C=O) groups excluding carboxylic acids is 2. The minimum atomic E-state index is -1.69. The molecule has 0 aromatic carbocycles. The SMILES string of the molecule is C=CC(=O)OC(CCCCC)(OCC)OC(=O)C=C. The van der Waals surface area contributed by atoms with Crippen molar-refractivity contribution < 1.29 is 23.8 Å². The zero-order valence-electron chi connectivity index (χ0n) is 11.6. The van der Waals surface area contributed by atoms with Gasteiger partial charge in [0.1, 0.15) is 0 Å². The lowest BCUT2D eigenvalue weighted by molar-refractivity contribution is -0.344. The molecule has 0 aromatic heterocycles. The lowest BCUT2D eigenvalue weighted by Crippen LogP contribution is -2.42. The molecule has 19 heavy (non-hydrogen) atoms. The predicted octanol–water partition coefficient (Wildman–Crippen LogP) is 2.72. The molecule has 0 atom stereocenters. The fraction of sp³-hybridized carbons (Fsp3) is 0.571. The second kappa shape index (κ2) is 9.33. The molecule has 0 aromatic rings. The van der Waals surface area contributed by atoms with Crippen molar-refractivity contribution in [1.29, 1.82) is 0 Å². The molecule has 0 saturated heterocycles. The van der Waals surface area contributed by atoms with E-state index in [0.29, 0.717) is 6.42 Å². The lowest BCUT2D eigenvalue weighted by Gasteiger charge is -2.30. The lowest BCUT2D eigenvalue weighted by atomic mass is 10.2. The van der Waals surface area contributed by atoms with Crippen molar-refractivity contribution in [1.82, 2.24) is 0 Å². The number of esters is 2. The van der Waals surface area contributed by atoms with Gasteiger partial charge in [0, 0.05) is 12.2 Å². The van der Waals surface area contributed by atoms with Gasteiger partial charge in [-0.3, -0.25) is 0 Å². The minimum absolute atomic E-state index is 0.237. The van der Waals surface area contributed by atoms with E-state index in [4.69, 9.17) is 14.2 Å². The van der Waals surface area contributed by atoms with Crippen LogP contribution in [0.2, 0.25) is 0 Å². The summed E-state index contributed by atoms with van der Waals surface area (Å²) in [5, 5.41) is 0. The number of rotatable bonds is 10. The van der Waals surface area contributed by atoms with Gasteiger partial charge in [0.2, 0.25) is 0 Å². The molecule has 0 spiro atoms. The molecule has 0 heterocycles. The van der Waals surface area contributed by atoms with Crippen LogP contribution in [0.1, 0.15) is 39.5 Å². The van der Waals surface area contributed by atoms with Gasteiger partial charge in [0.05, 0.1) is 13.0 Å². The highest BCUT2D eigenvalue weighted by Crippen LogP contribution is 2.24. The Labute approximate surface area is 114 Å². The van der Waals surface area contributed by atoms with E-state index in [0.717, 1.165) is 25.0 Å². The van der Waals surface area contributed by atoms with E-state index in [9.17, 15) is 9.59 Å². The van der Waals surface area contributed by atoms with Crippen LogP contribution in [0.3, 0.4) is 0 Å². The number of ether oxygens (including phenoxy) is 3. The Balaban J connectivity index is 4.95. The van der Waals surface area contributed by atoms with Crippen molar-refractivity contribution in [2.24, 2.45) is 0 Å². The van der Waals surface area contributed by atoms with E-state index < -0.39 is 17.9 Å². The minimum Gasteiger partial charge on any atom is -0.395 e. The smallest absolute Gasteiger partial charge is 0.376 e. The fourth-order valence-electron chi connectivity index (χ4n) is 1.46. The molecule has 108 valence electrons. The highest BCUT2D eigenvalue weighted by atomic mass is 16.9.